The molecule has 0 aliphatic carbocycles. The van der Waals surface area contributed by atoms with Crippen LogP contribution in [0.5, 0.6) is 0 Å². The van der Waals surface area contributed by atoms with Crippen molar-refractivity contribution < 1.29 is 27.4 Å². The lowest BCUT2D eigenvalue weighted by atomic mass is 10.3. The molecule has 0 aromatic carbocycles. The molecule has 0 saturated carbocycles. The number of hydrogen-bond donors (Lipinski definition) is 0. The molecular weight excluding hydrogens is 366 g/mol. The third-order valence-corrected chi connectivity index (χ3v) is 7.11. The lowest BCUT2D eigenvalue weighted by Gasteiger charge is -2.35. The smallest absolute Gasteiger partial charge is 0.332 e. The average Bonchev–Trinajstić information content (AvgIpc) is 2.56. The van der Waals surface area contributed by atoms with Crippen LogP contribution in [0, 0.1) is 11.3 Å². The standard InChI is InChI=1S/C15H32N2O6P2/c1-14(2)17(15(3)4)24(22-9-7-8-16)23-11-10-21-12-13-25(18,19-5)20-6/h14-15H,7,9-13H2,1-6H3. The number of ether oxygens (including phenoxy) is 1. The highest BCUT2D eigenvalue weighted by Gasteiger charge is 2.27. The molecule has 8 nitrogen and oxygen atoms in total. The van der Waals surface area contributed by atoms with Crippen LogP contribution in [-0.4, -0.2) is 63.6 Å². The molecule has 0 bridgehead atoms. The summed E-state index contributed by atoms with van der Waals surface area (Å²) >= 11 is 0. The second kappa shape index (κ2) is 14.0. The third kappa shape index (κ3) is 10.6. The molecule has 0 radical (unpaired) electrons. The normalized spacial score (nSPS) is 13.6. The fraction of sp³-hybridized carbons (Fsp3) is 0.933. The molecule has 0 aliphatic heterocycles. The first kappa shape index (κ1) is 24.9. The van der Waals surface area contributed by atoms with Crippen LogP contribution in [0.3, 0.4) is 0 Å². The first-order valence-corrected chi connectivity index (χ1v) is 11.2. The summed E-state index contributed by atoms with van der Waals surface area (Å²) in [4.78, 5) is 0. The van der Waals surface area contributed by atoms with Crippen molar-refractivity contribution in [3.63, 3.8) is 0 Å². The van der Waals surface area contributed by atoms with Crippen LogP contribution >= 0.6 is 16.1 Å². The molecule has 1 unspecified atom stereocenters. The van der Waals surface area contributed by atoms with E-state index in [9.17, 15) is 4.57 Å². The van der Waals surface area contributed by atoms with Gasteiger partial charge in [0, 0.05) is 26.3 Å². The van der Waals surface area contributed by atoms with Crippen molar-refractivity contribution in [2.45, 2.75) is 46.2 Å². The topological polar surface area (TPSA) is 90.2 Å². The number of nitriles is 1. The lowest BCUT2D eigenvalue weighted by Crippen LogP contribution is -2.34. The predicted molar refractivity (Wildman–Crippen MR) is 98.5 cm³/mol. The largest absolute Gasteiger partial charge is 0.378 e. The summed E-state index contributed by atoms with van der Waals surface area (Å²) in [5.74, 6) is 0. The molecule has 148 valence electrons. The Morgan fingerprint density at radius 2 is 1.56 bits per heavy atom. The number of nitrogens with zero attached hydrogens (tertiary/aromatic N) is 2. The summed E-state index contributed by atoms with van der Waals surface area (Å²) in [7, 11) is -1.60. The molecule has 0 aliphatic rings. The maximum atomic E-state index is 11.9. The molecule has 25 heavy (non-hydrogen) atoms. The quantitative estimate of drug-likeness (QED) is 0.304. The summed E-state index contributed by atoms with van der Waals surface area (Å²) in [6.07, 6.45) is 0.517. The Balaban J connectivity index is 4.34. The summed E-state index contributed by atoms with van der Waals surface area (Å²) < 4.78 is 40.8. The summed E-state index contributed by atoms with van der Waals surface area (Å²) in [6, 6.07) is 2.57. The highest BCUT2D eigenvalue weighted by atomic mass is 31.2. The van der Waals surface area contributed by atoms with Crippen LogP contribution in [-0.2, 0) is 27.4 Å². The first-order chi connectivity index (χ1) is 11.8. The van der Waals surface area contributed by atoms with Gasteiger partial charge in [0.25, 0.3) is 8.53 Å². The molecular formula is C15H32N2O6P2. The fourth-order valence-electron chi connectivity index (χ4n) is 2.02. The minimum atomic E-state index is -3.03. The van der Waals surface area contributed by atoms with Crippen molar-refractivity contribution >= 4 is 16.1 Å². The van der Waals surface area contributed by atoms with E-state index in [1.54, 1.807) is 0 Å². The molecule has 1 atom stereocenters. The van der Waals surface area contributed by atoms with Crippen LogP contribution in [0.2, 0.25) is 0 Å². The van der Waals surface area contributed by atoms with E-state index in [1.807, 2.05) is 0 Å². The molecule has 0 aromatic heterocycles. The predicted octanol–water partition coefficient (Wildman–Crippen LogP) is 3.78. The van der Waals surface area contributed by atoms with Crippen LogP contribution in [0.15, 0.2) is 0 Å². The van der Waals surface area contributed by atoms with Gasteiger partial charge in [-0.25, -0.2) is 4.67 Å². The van der Waals surface area contributed by atoms with E-state index in [2.05, 4.69) is 38.4 Å². The van der Waals surface area contributed by atoms with Crippen LogP contribution < -0.4 is 0 Å². The van der Waals surface area contributed by atoms with Crippen molar-refractivity contribution in [2.75, 3.05) is 46.8 Å². The van der Waals surface area contributed by atoms with Gasteiger partial charge in [-0.15, -0.1) is 0 Å². The average molecular weight is 398 g/mol. The van der Waals surface area contributed by atoms with Crippen molar-refractivity contribution in [2.24, 2.45) is 0 Å². The Hall–Kier alpha value is -0.0900. The van der Waals surface area contributed by atoms with E-state index < -0.39 is 16.1 Å². The zero-order valence-electron chi connectivity index (χ0n) is 16.1. The summed E-state index contributed by atoms with van der Waals surface area (Å²) in [5.41, 5.74) is 0. The maximum absolute atomic E-state index is 11.9. The van der Waals surface area contributed by atoms with Gasteiger partial charge in [-0.05, 0) is 27.7 Å². The summed E-state index contributed by atoms with van der Waals surface area (Å²) in [6.45, 7) is 9.60. The van der Waals surface area contributed by atoms with Gasteiger partial charge in [-0.1, -0.05) is 0 Å². The Kier molecular flexibility index (Phi) is 14.0. The van der Waals surface area contributed by atoms with Gasteiger partial charge < -0.3 is 22.8 Å². The van der Waals surface area contributed by atoms with Crippen molar-refractivity contribution in [3.05, 3.63) is 0 Å². The molecule has 0 spiro atoms. The number of hydrogen-bond acceptors (Lipinski definition) is 8. The number of rotatable bonds is 15. The minimum absolute atomic E-state index is 0.192. The van der Waals surface area contributed by atoms with Crippen molar-refractivity contribution in [1.82, 2.24) is 4.67 Å². The lowest BCUT2D eigenvalue weighted by molar-refractivity contribution is 0.0938. The SMILES string of the molecule is COP(=O)(CCOCCOP(OCCC#N)N(C(C)C)C(C)C)OC. The zero-order valence-corrected chi connectivity index (χ0v) is 17.9. The van der Waals surface area contributed by atoms with E-state index in [4.69, 9.17) is 28.1 Å². The van der Waals surface area contributed by atoms with E-state index in [0.29, 0.717) is 26.2 Å². The fourth-order valence-corrected chi connectivity index (χ4v) is 4.46. The monoisotopic (exact) mass is 398 g/mol. The summed E-state index contributed by atoms with van der Waals surface area (Å²) in [5, 5.41) is 8.68. The zero-order chi connectivity index (χ0) is 19.3. The molecule has 0 heterocycles. The van der Waals surface area contributed by atoms with Gasteiger partial charge in [-0.3, -0.25) is 4.57 Å². The van der Waals surface area contributed by atoms with Crippen molar-refractivity contribution in [1.29, 1.82) is 5.26 Å². The molecule has 0 aromatic rings. The Morgan fingerprint density at radius 1 is 1.00 bits per heavy atom. The molecule has 0 saturated heterocycles. The van der Waals surface area contributed by atoms with E-state index in [1.165, 1.54) is 14.2 Å². The molecule has 0 fully saturated rings. The van der Waals surface area contributed by atoms with Gasteiger partial charge in [-0.2, -0.15) is 5.26 Å². The Labute approximate surface area is 153 Å². The molecule has 10 heteroatoms. The second-order valence-corrected chi connectivity index (χ2v) is 9.55. The minimum Gasteiger partial charge on any atom is -0.378 e. The Bertz CT molecular complexity index is 415. The van der Waals surface area contributed by atoms with Crippen LogP contribution in [0.1, 0.15) is 34.1 Å². The molecule has 0 amide bonds. The van der Waals surface area contributed by atoms with Gasteiger partial charge in [0.2, 0.25) is 0 Å². The molecule has 0 rings (SSSR count). The van der Waals surface area contributed by atoms with Crippen molar-refractivity contribution in [3.8, 4) is 6.07 Å². The second-order valence-electron chi connectivity index (χ2n) is 5.69. The van der Waals surface area contributed by atoms with Gasteiger partial charge in [0.05, 0.1) is 45.1 Å². The van der Waals surface area contributed by atoms with Crippen LogP contribution in [0.4, 0.5) is 0 Å². The van der Waals surface area contributed by atoms with Gasteiger partial charge >= 0.3 is 7.60 Å². The highest BCUT2D eigenvalue weighted by molar-refractivity contribution is 7.53. The molecule has 0 N–H and O–H groups in total. The van der Waals surface area contributed by atoms with E-state index in [-0.39, 0.29) is 24.9 Å². The highest BCUT2D eigenvalue weighted by Crippen LogP contribution is 2.46. The third-order valence-electron chi connectivity index (χ3n) is 3.16. The Morgan fingerprint density at radius 3 is 2.04 bits per heavy atom. The van der Waals surface area contributed by atoms with Gasteiger partial charge in [0.1, 0.15) is 0 Å². The first-order valence-electron chi connectivity index (χ1n) is 8.30. The van der Waals surface area contributed by atoms with Gasteiger partial charge in [0.15, 0.2) is 0 Å². The van der Waals surface area contributed by atoms with Crippen LogP contribution in [0.25, 0.3) is 0 Å². The maximum Gasteiger partial charge on any atom is 0.332 e. The van der Waals surface area contributed by atoms with E-state index >= 15 is 0 Å². The van der Waals surface area contributed by atoms with E-state index in [0.717, 1.165) is 0 Å².